The Hall–Kier alpha value is -7.64. The quantitative estimate of drug-likeness (QED) is 0.163. The van der Waals surface area contributed by atoms with Crippen LogP contribution in [0, 0.1) is 0 Å². The molecule has 258 valence electrons. The molecular formula is C48H30N6O. The molecule has 0 N–H and O–H groups in total. The lowest BCUT2D eigenvalue weighted by atomic mass is 9.96. The molecule has 0 radical (unpaired) electrons. The van der Waals surface area contributed by atoms with Crippen LogP contribution in [0.2, 0.25) is 0 Å². The molecule has 10 aromatic rings. The van der Waals surface area contributed by atoms with E-state index in [1.165, 1.54) is 0 Å². The van der Waals surface area contributed by atoms with E-state index in [0.717, 1.165) is 66.4 Å². The van der Waals surface area contributed by atoms with Crippen LogP contribution < -0.4 is 0 Å². The van der Waals surface area contributed by atoms with Gasteiger partial charge in [0.1, 0.15) is 11.2 Å². The van der Waals surface area contributed by atoms with Crippen LogP contribution in [-0.4, -0.2) is 29.9 Å². The van der Waals surface area contributed by atoms with Crippen molar-refractivity contribution >= 4 is 21.9 Å². The molecule has 0 fully saturated rings. The molecule has 0 atom stereocenters. The summed E-state index contributed by atoms with van der Waals surface area (Å²) in [4.78, 5) is 29.9. The molecule has 0 spiro atoms. The monoisotopic (exact) mass is 706 g/mol. The predicted molar refractivity (Wildman–Crippen MR) is 219 cm³/mol. The average Bonchev–Trinajstić information content (AvgIpc) is 3.67. The zero-order valence-electron chi connectivity index (χ0n) is 29.4. The molecule has 0 aliphatic rings. The van der Waals surface area contributed by atoms with Crippen molar-refractivity contribution in [3.05, 3.63) is 182 Å². The summed E-state index contributed by atoms with van der Waals surface area (Å²) >= 11 is 0. The summed E-state index contributed by atoms with van der Waals surface area (Å²) in [5.74, 6) is 3.59. The number of rotatable bonds is 7. The van der Waals surface area contributed by atoms with Gasteiger partial charge < -0.3 is 4.42 Å². The molecule has 10 rings (SSSR count). The highest BCUT2D eigenvalue weighted by molar-refractivity contribution is 6.17. The van der Waals surface area contributed by atoms with E-state index in [-0.39, 0.29) is 0 Å². The molecule has 7 aromatic carbocycles. The lowest BCUT2D eigenvalue weighted by molar-refractivity contribution is 0.669. The van der Waals surface area contributed by atoms with Crippen molar-refractivity contribution in [3.63, 3.8) is 0 Å². The van der Waals surface area contributed by atoms with E-state index in [1.807, 2.05) is 158 Å². The Kier molecular flexibility index (Phi) is 8.00. The lowest BCUT2D eigenvalue weighted by Gasteiger charge is -2.11. The Labute approximate surface area is 316 Å². The first kappa shape index (κ1) is 32.0. The molecule has 7 heteroatoms. The van der Waals surface area contributed by atoms with Crippen molar-refractivity contribution < 1.29 is 4.42 Å². The van der Waals surface area contributed by atoms with Gasteiger partial charge in [-0.25, -0.2) is 29.9 Å². The van der Waals surface area contributed by atoms with Crippen LogP contribution in [0.15, 0.2) is 186 Å². The molecule has 0 unspecified atom stereocenters. The molecule has 55 heavy (non-hydrogen) atoms. The van der Waals surface area contributed by atoms with Crippen molar-refractivity contribution in [3.8, 4) is 79.5 Å². The summed E-state index contributed by atoms with van der Waals surface area (Å²) < 4.78 is 6.55. The number of nitrogens with zero attached hydrogens (tertiary/aromatic N) is 6. The minimum atomic E-state index is 0.566. The Morgan fingerprint density at radius 3 is 1.04 bits per heavy atom. The molecule has 0 aliphatic heterocycles. The van der Waals surface area contributed by atoms with Gasteiger partial charge in [-0.1, -0.05) is 164 Å². The first-order valence-corrected chi connectivity index (χ1v) is 18.0. The number of hydrogen-bond donors (Lipinski definition) is 0. The number of benzene rings is 7. The Morgan fingerprint density at radius 2 is 0.582 bits per heavy atom. The maximum Gasteiger partial charge on any atom is 0.164 e. The van der Waals surface area contributed by atoms with Gasteiger partial charge in [0.15, 0.2) is 34.9 Å². The molecule has 3 heterocycles. The average molecular weight is 707 g/mol. The highest BCUT2D eigenvalue weighted by atomic mass is 16.3. The standard InChI is InChI=1S/C48H30N6O/c1-5-16-31(17-6-1)43-49-44(32-18-7-2-8-19-32)52-47(51-43)36-25-13-24-35(30-36)37-26-14-28-39-41(37)42-38(27-15-29-40(42)55-39)48-53-45(33-20-9-3-10-21-33)50-46(54-48)34-22-11-4-12-23-34/h1-30H. The van der Waals surface area contributed by atoms with Crippen molar-refractivity contribution in [2.24, 2.45) is 0 Å². The Balaban J connectivity index is 1.15. The maximum absolute atomic E-state index is 6.55. The summed E-state index contributed by atoms with van der Waals surface area (Å²) in [6.45, 7) is 0. The second kappa shape index (κ2) is 13.7. The van der Waals surface area contributed by atoms with Crippen molar-refractivity contribution in [2.75, 3.05) is 0 Å². The zero-order valence-corrected chi connectivity index (χ0v) is 29.4. The number of fused-ring (bicyclic) bond motifs is 3. The van der Waals surface area contributed by atoms with Crippen LogP contribution in [0.1, 0.15) is 0 Å². The fourth-order valence-electron chi connectivity index (χ4n) is 6.99. The third kappa shape index (κ3) is 6.09. The van der Waals surface area contributed by atoms with Gasteiger partial charge in [0.05, 0.1) is 0 Å². The highest BCUT2D eigenvalue weighted by Gasteiger charge is 2.21. The van der Waals surface area contributed by atoms with Gasteiger partial charge >= 0.3 is 0 Å². The van der Waals surface area contributed by atoms with Crippen molar-refractivity contribution in [2.45, 2.75) is 0 Å². The number of aromatic nitrogens is 6. The van der Waals surface area contributed by atoms with Crippen LogP contribution in [0.5, 0.6) is 0 Å². The highest BCUT2D eigenvalue weighted by Crippen LogP contribution is 2.42. The molecule has 0 bridgehead atoms. The van der Waals surface area contributed by atoms with Crippen LogP contribution in [0.25, 0.3) is 101 Å². The first-order valence-electron chi connectivity index (χ1n) is 18.0. The fraction of sp³-hybridized carbons (Fsp3) is 0. The van der Waals surface area contributed by atoms with Gasteiger partial charge in [0.2, 0.25) is 0 Å². The normalized spacial score (nSPS) is 11.3. The summed E-state index contributed by atoms with van der Waals surface area (Å²) in [5.41, 5.74) is 8.91. The summed E-state index contributed by atoms with van der Waals surface area (Å²) in [6.07, 6.45) is 0. The minimum absolute atomic E-state index is 0.566. The topological polar surface area (TPSA) is 90.5 Å². The largest absolute Gasteiger partial charge is 0.456 e. The van der Waals surface area contributed by atoms with E-state index < -0.39 is 0 Å². The van der Waals surface area contributed by atoms with E-state index >= 15 is 0 Å². The van der Waals surface area contributed by atoms with E-state index in [0.29, 0.717) is 34.9 Å². The molecule has 0 aliphatic carbocycles. The van der Waals surface area contributed by atoms with E-state index in [1.54, 1.807) is 0 Å². The molecule has 0 amide bonds. The first-order chi connectivity index (χ1) is 27.2. The fourth-order valence-corrected chi connectivity index (χ4v) is 6.99. The third-order valence-electron chi connectivity index (χ3n) is 9.59. The maximum atomic E-state index is 6.55. The van der Waals surface area contributed by atoms with Gasteiger partial charge in [-0.2, -0.15) is 0 Å². The van der Waals surface area contributed by atoms with Crippen molar-refractivity contribution in [1.82, 2.24) is 29.9 Å². The van der Waals surface area contributed by atoms with E-state index in [4.69, 9.17) is 34.3 Å². The second-order valence-corrected chi connectivity index (χ2v) is 13.1. The molecule has 7 nitrogen and oxygen atoms in total. The van der Waals surface area contributed by atoms with E-state index in [2.05, 4.69) is 24.3 Å². The summed E-state index contributed by atoms with van der Waals surface area (Å²) in [7, 11) is 0. The van der Waals surface area contributed by atoms with Gasteiger partial charge in [0, 0.05) is 44.2 Å². The Bertz CT molecular complexity index is 2850. The van der Waals surface area contributed by atoms with Crippen LogP contribution >= 0.6 is 0 Å². The lowest BCUT2D eigenvalue weighted by Crippen LogP contribution is -2.00. The van der Waals surface area contributed by atoms with Gasteiger partial charge in [-0.15, -0.1) is 0 Å². The SMILES string of the molecule is c1ccc(-c2nc(-c3ccccc3)nc(-c3cccc(-c4cccc5oc6cccc(-c7nc(-c8ccccc8)nc(-c8ccccc8)n7)c6c45)c3)n2)cc1. The second-order valence-electron chi connectivity index (χ2n) is 13.1. The van der Waals surface area contributed by atoms with Gasteiger partial charge in [-0.05, 0) is 29.3 Å². The number of furan rings is 1. The zero-order chi connectivity index (χ0) is 36.6. The minimum Gasteiger partial charge on any atom is -0.456 e. The predicted octanol–water partition coefficient (Wildman–Crippen LogP) is 11.6. The van der Waals surface area contributed by atoms with Crippen molar-refractivity contribution in [1.29, 1.82) is 0 Å². The van der Waals surface area contributed by atoms with Crippen LogP contribution in [-0.2, 0) is 0 Å². The summed E-state index contributed by atoms with van der Waals surface area (Å²) in [5, 5.41) is 1.90. The molecule has 0 saturated heterocycles. The third-order valence-corrected chi connectivity index (χ3v) is 9.59. The van der Waals surface area contributed by atoms with Gasteiger partial charge in [-0.3, -0.25) is 0 Å². The Morgan fingerprint density at radius 1 is 0.255 bits per heavy atom. The number of hydrogen-bond acceptors (Lipinski definition) is 7. The molecule has 0 saturated carbocycles. The molecular weight excluding hydrogens is 677 g/mol. The summed E-state index contributed by atoms with van der Waals surface area (Å²) in [6, 6.07) is 60.6. The van der Waals surface area contributed by atoms with E-state index in [9.17, 15) is 0 Å². The van der Waals surface area contributed by atoms with Gasteiger partial charge in [0.25, 0.3) is 0 Å². The molecule has 3 aromatic heterocycles. The van der Waals surface area contributed by atoms with Crippen LogP contribution in [0.3, 0.4) is 0 Å². The van der Waals surface area contributed by atoms with Crippen LogP contribution in [0.4, 0.5) is 0 Å². The smallest absolute Gasteiger partial charge is 0.164 e.